The number of nitrogens with one attached hydrogen (secondary N) is 2. The number of aromatic amines is 1. The van der Waals surface area contributed by atoms with E-state index in [1.807, 2.05) is 36.4 Å². The second-order valence-corrected chi connectivity index (χ2v) is 4.88. The van der Waals surface area contributed by atoms with Gasteiger partial charge in [0.25, 0.3) is 5.95 Å². The van der Waals surface area contributed by atoms with Gasteiger partial charge in [-0.25, -0.2) is 4.79 Å². The first-order chi connectivity index (χ1) is 11.7. The summed E-state index contributed by atoms with van der Waals surface area (Å²) < 4.78 is 5.10. The minimum absolute atomic E-state index is 0.118. The Hall–Kier alpha value is -3.66. The summed E-state index contributed by atoms with van der Waals surface area (Å²) in [4.78, 5) is 15.9. The molecular formula is C17H13N5O2. The van der Waals surface area contributed by atoms with Crippen molar-refractivity contribution in [3.8, 4) is 17.5 Å². The summed E-state index contributed by atoms with van der Waals surface area (Å²) in [5, 5.41) is 17.9. The van der Waals surface area contributed by atoms with Crippen molar-refractivity contribution in [2.24, 2.45) is 0 Å². The number of nitriles is 1. The molecule has 3 rings (SSSR count). The van der Waals surface area contributed by atoms with Gasteiger partial charge in [-0.15, -0.1) is 5.10 Å². The molecule has 0 spiro atoms. The van der Waals surface area contributed by atoms with Gasteiger partial charge < -0.3 is 4.74 Å². The van der Waals surface area contributed by atoms with Gasteiger partial charge >= 0.3 is 6.09 Å². The van der Waals surface area contributed by atoms with E-state index in [9.17, 15) is 4.79 Å². The van der Waals surface area contributed by atoms with Crippen molar-refractivity contribution in [1.29, 1.82) is 5.26 Å². The van der Waals surface area contributed by atoms with Crippen LogP contribution in [0.5, 0.6) is 0 Å². The van der Waals surface area contributed by atoms with Crippen LogP contribution in [-0.2, 0) is 11.3 Å². The van der Waals surface area contributed by atoms with E-state index in [2.05, 4.69) is 20.5 Å². The molecule has 0 bridgehead atoms. The fourth-order valence-corrected chi connectivity index (χ4v) is 2.00. The molecule has 0 saturated carbocycles. The van der Waals surface area contributed by atoms with Gasteiger partial charge in [0.15, 0.2) is 5.82 Å². The van der Waals surface area contributed by atoms with Crippen molar-refractivity contribution in [3.63, 3.8) is 0 Å². The van der Waals surface area contributed by atoms with Gasteiger partial charge in [0.05, 0.1) is 11.6 Å². The van der Waals surface area contributed by atoms with Gasteiger partial charge in [0.1, 0.15) is 6.61 Å². The smallest absolute Gasteiger partial charge is 0.414 e. The van der Waals surface area contributed by atoms with Crippen molar-refractivity contribution >= 4 is 12.0 Å². The van der Waals surface area contributed by atoms with Gasteiger partial charge in [-0.3, -0.25) is 10.4 Å². The fraction of sp³-hybridized carbons (Fsp3) is 0.0588. The standard InChI is InChI=1S/C17H13N5O2/c18-10-12-6-8-14(9-7-12)15-19-16(22-21-15)20-17(23)24-11-13-4-2-1-3-5-13/h1-9H,11H2,(H2,19,20,21,22,23). The van der Waals surface area contributed by atoms with Gasteiger partial charge in [-0.05, 0) is 29.8 Å². The van der Waals surface area contributed by atoms with Crippen LogP contribution in [0, 0.1) is 11.3 Å². The Morgan fingerprint density at radius 3 is 2.62 bits per heavy atom. The van der Waals surface area contributed by atoms with Crippen LogP contribution in [-0.4, -0.2) is 21.3 Å². The zero-order chi connectivity index (χ0) is 16.8. The number of carbonyl (C=O) groups excluding carboxylic acids is 1. The van der Waals surface area contributed by atoms with Crippen LogP contribution >= 0.6 is 0 Å². The second kappa shape index (κ2) is 7.07. The highest BCUT2D eigenvalue weighted by Crippen LogP contribution is 2.16. The molecule has 2 aromatic carbocycles. The molecule has 24 heavy (non-hydrogen) atoms. The average Bonchev–Trinajstić information content (AvgIpc) is 3.09. The quantitative estimate of drug-likeness (QED) is 0.769. The first kappa shape index (κ1) is 15.2. The summed E-state index contributed by atoms with van der Waals surface area (Å²) in [5.41, 5.74) is 2.20. The molecule has 1 heterocycles. The Morgan fingerprint density at radius 1 is 1.17 bits per heavy atom. The van der Waals surface area contributed by atoms with Crippen LogP contribution in [0.15, 0.2) is 54.6 Å². The minimum atomic E-state index is -0.635. The molecule has 118 valence electrons. The minimum Gasteiger partial charge on any atom is -0.444 e. The molecule has 0 radical (unpaired) electrons. The number of aromatic nitrogens is 3. The van der Waals surface area contributed by atoms with Crippen molar-refractivity contribution in [3.05, 3.63) is 65.7 Å². The van der Waals surface area contributed by atoms with Crippen molar-refractivity contribution < 1.29 is 9.53 Å². The Bertz CT molecular complexity index is 866. The summed E-state index contributed by atoms with van der Waals surface area (Å²) in [6, 6.07) is 18.3. The van der Waals surface area contributed by atoms with Gasteiger partial charge in [-0.1, -0.05) is 30.3 Å². The van der Waals surface area contributed by atoms with E-state index in [1.54, 1.807) is 24.3 Å². The van der Waals surface area contributed by atoms with Crippen LogP contribution in [0.2, 0.25) is 0 Å². The number of H-pyrrole nitrogens is 1. The van der Waals surface area contributed by atoms with E-state index in [1.165, 1.54) is 0 Å². The Kier molecular flexibility index (Phi) is 4.49. The van der Waals surface area contributed by atoms with E-state index in [-0.39, 0.29) is 12.6 Å². The van der Waals surface area contributed by atoms with Crippen LogP contribution in [0.1, 0.15) is 11.1 Å². The van der Waals surface area contributed by atoms with Crippen LogP contribution in [0.3, 0.4) is 0 Å². The van der Waals surface area contributed by atoms with Crippen LogP contribution < -0.4 is 5.32 Å². The summed E-state index contributed by atoms with van der Waals surface area (Å²) in [7, 11) is 0. The van der Waals surface area contributed by atoms with E-state index in [0.29, 0.717) is 11.4 Å². The summed E-state index contributed by atoms with van der Waals surface area (Å²) in [6.07, 6.45) is -0.635. The van der Waals surface area contributed by atoms with Crippen LogP contribution in [0.25, 0.3) is 11.4 Å². The zero-order valence-corrected chi connectivity index (χ0v) is 12.6. The molecule has 3 aromatic rings. The normalized spacial score (nSPS) is 9.96. The number of hydrogen-bond acceptors (Lipinski definition) is 5. The monoisotopic (exact) mass is 319 g/mol. The summed E-state index contributed by atoms with van der Waals surface area (Å²) in [6.45, 7) is 0.166. The predicted octanol–water partition coefficient (Wildman–Crippen LogP) is 3.09. The van der Waals surface area contributed by atoms with E-state index >= 15 is 0 Å². The van der Waals surface area contributed by atoms with Gasteiger partial charge in [0.2, 0.25) is 0 Å². The lowest BCUT2D eigenvalue weighted by molar-refractivity contribution is 0.155. The maximum Gasteiger partial charge on any atom is 0.414 e. The lowest BCUT2D eigenvalue weighted by Crippen LogP contribution is -2.14. The van der Waals surface area contributed by atoms with Gasteiger partial charge in [0, 0.05) is 5.56 Å². The third-order valence-electron chi connectivity index (χ3n) is 3.20. The molecule has 0 aliphatic carbocycles. The highest BCUT2D eigenvalue weighted by atomic mass is 16.5. The number of ether oxygens (including phenoxy) is 1. The number of benzene rings is 2. The fourth-order valence-electron chi connectivity index (χ4n) is 2.00. The van der Waals surface area contributed by atoms with Crippen molar-refractivity contribution in [2.45, 2.75) is 6.61 Å². The molecular weight excluding hydrogens is 306 g/mol. The number of amides is 1. The average molecular weight is 319 g/mol. The maximum atomic E-state index is 11.8. The third-order valence-corrected chi connectivity index (χ3v) is 3.20. The molecule has 0 unspecified atom stereocenters. The summed E-state index contributed by atoms with van der Waals surface area (Å²) in [5.74, 6) is 0.602. The van der Waals surface area contributed by atoms with Crippen molar-refractivity contribution in [2.75, 3.05) is 5.32 Å². The number of nitrogens with zero attached hydrogens (tertiary/aromatic N) is 3. The van der Waals surface area contributed by atoms with E-state index in [0.717, 1.165) is 11.1 Å². The first-order valence-electron chi connectivity index (χ1n) is 7.15. The zero-order valence-electron chi connectivity index (χ0n) is 12.6. The van der Waals surface area contributed by atoms with Crippen LogP contribution in [0.4, 0.5) is 10.7 Å². The maximum absolute atomic E-state index is 11.8. The molecule has 2 N–H and O–H groups in total. The van der Waals surface area contributed by atoms with Gasteiger partial charge in [-0.2, -0.15) is 10.2 Å². The molecule has 0 atom stereocenters. The van der Waals surface area contributed by atoms with E-state index in [4.69, 9.17) is 10.00 Å². The molecule has 0 aliphatic heterocycles. The number of hydrogen-bond donors (Lipinski definition) is 2. The number of anilines is 1. The lowest BCUT2D eigenvalue weighted by atomic mass is 10.1. The molecule has 0 saturated heterocycles. The Labute approximate surface area is 137 Å². The molecule has 1 aromatic heterocycles. The van der Waals surface area contributed by atoms with Crippen molar-refractivity contribution in [1.82, 2.24) is 15.2 Å². The molecule has 0 aliphatic rings. The second-order valence-electron chi connectivity index (χ2n) is 4.88. The number of rotatable bonds is 4. The number of carbonyl (C=O) groups is 1. The largest absolute Gasteiger partial charge is 0.444 e. The Balaban J connectivity index is 1.59. The topological polar surface area (TPSA) is 104 Å². The predicted molar refractivity (Wildman–Crippen MR) is 86.8 cm³/mol. The molecule has 1 amide bonds. The Morgan fingerprint density at radius 2 is 1.92 bits per heavy atom. The molecule has 7 heteroatoms. The summed E-state index contributed by atoms with van der Waals surface area (Å²) >= 11 is 0. The van der Waals surface area contributed by atoms with E-state index < -0.39 is 6.09 Å². The highest BCUT2D eigenvalue weighted by molar-refractivity contribution is 5.82. The molecule has 7 nitrogen and oxygen atoms in total. The highest BCUT2D eigenvalue weighted by Gasteiger charge is 2.10. The lowest BCUT2D eigenvalue weighted by Gasteiger charge is -2.04. The SMILES string of the molecule is N#Cc1ccc(-c2nc(NC(=O)OCc3ccccc3)n[nH]2)cc1. The first-order valence-corrected chi connectivity index (χ1v) is 7.15. The third kappa shape index (κ3) is 3.75. The molecule has 0 fully saturated rings.